The van der Waals surface area contributed by atoms with Gasteiger partial charge in [-0.1, -0.05) is 13.8 Å². The van der Waals surface area contributed by atoms with Crippen LogP contribution in [0.4, 0.5) is 0 Å². The van der Waals surface area contributed by atoms with Gasteiger partial charge in [0.25, 0.3) is 0 Å². The van der Waals surface area contributed by atoms with E-state index in [-0.39, 0.29) is 5.41 Å². The van der Waals surface area contributed by atoms with E-state index in [0.717, 1.165) is 44.8 Å². The highest BCUT2D eigenvalue weighted by atomic mass is 32.2. The van der Waals surface area contributed by atoms with Crippen LogP contribution in [0, 0.1) is 5.41 Å². The summed E-state index contributed by atoms with van der Waals surface area (Å²) < 4.78 is 0. The van der Waals surface area contributed by atoms with Crippen LogP contribution in [0.25, 0.3) is 0 Å². The van der Waals surface area contributed by atoms with Gasteiger partial charge in [0.05, 0.1) is 5.41 Å². The lowest BCUT2D eigenvalue weighted by Crippen LogP contribution is -2.49. The number of nitrogens with zero attached hydrogens (tertiary/aromatic N) is 1. The first-order valence-corrected chi connectivity index (χ1v) is 7.34. The Labute approximate surface area is 102 Å². The van der Waals surface area contributed by atoms with Crippen LogP contribution in [0.15, 0.2) is 0 Å². The van der Waals surface area contributed by atoms with Gasteiger partial charge in [-0.2, -0.15) is 11.8 Å². The topological polar surface area (TPSA) is 32.3 Å². The SMILES string of the molecule is CCC1(C(=O)N2CCSC(C)C2)CCNC1. The molecule has 2 heterocycles. The third kappa shape index (κ3) is 2.23. The van der Waals surface area contributed by atoms with Crippen molar-refractivity contribution in [3.05, 3.63) is 0 Å². The fourth-order valence-electron chi connectivity index (χ4n) is 2.72. The van der Waals surface area contributed by atoms with Crippen LogP contribution in [0.3, 0.4) is 0 Å². The molecule has 2 unspecified atom stereocenters. The fourth-order valence-corrected chi connectivity index (χ4v) is 3.73. The largest absolute Gasteiger partial charge is 0.340 e. The lowest BCUT2D eigenvalue weighted by molar-refractivity contribution is -0.141. The molecule has 2 aliphatic rings. The third-order valence-electron chi connectivity index (χ3n) is 3.90. The highest BCUT2D eigenvalue weighted by Crippen LogP contribution is 2.33. The molecule has 2 aliphatic heterocycles. The highest BCUT2D eigenvalue weighted by Gasteiger charge is 2.42. The van der Waals surface area contributed by atoms with Gasteiger partial charge >= 0.3 is 0 Å². The van der Waals surface area contributed by atoms with Crippen molar-refractivity contribution in [2.24, 2.45) is 5.41 Å². The molecular formula is C12H22N2OS. The monoisotopic (exact) mass is 242 g/mol. The zero-order valence-electron chi connectivity index (χ0n) is 10.3. The van der Waals surface area contributed by atoms with E-state index in [0.29, 0.717) is 11.2 Å². The first kappa shape index (κ1) is 12.2. The van der Waals surface area contributed by atoms with Gasteiger partial charge in [-0.05, 0) is 19.4 Å². The minimum atomic E-state index is -0.0955. The van der Waals surface area contributed by atoms with E-state index in [4.69, 9.17) is 0 Å². The average Bonchev–Trinajstić information content (AvgIpc) is 2.78. The molecule has 4 heteroatoms. The standard InChI is InChI=1S/C12H22N2OS/c1-3-12(4-5-13-9-12)11(15)14-6-7-16-10(2)8-14/h10,13H,3-9H2,1-2H3. The number of thioether (sulfide) groups is 1. The van der Waals surface area contributed by atoms with Crippen molar-refractivity contribution in [1.29, 1.82) is 0 Å². The maximum atomic E-state index is 12.6. The number of hydrogen-bond acceptors (Lipinski definition) is 3. The lowest BCUT2D eigenvalue weighted by atomic mass is 9.82. The molecule has 2 saturated heterocycles. The molecule has 0 aromatic carbocycles. The highest BCUT2D eigenvalue weighted by molar-refractivity contribution is 7.99. The van der Waals surface area contributed by atoms with Gasteiger partial charge < -0.3 is 10.2 Å². The van der Waals surface area contributed by atoms with Crippen molar-refractivity contribution in [2.45, 2.75) is 31.9 Å². The van der Waals surface area contributed by atoms with Crippen LogP contribution in [0.1, 0.15) is 26.7 Å². The molecule has 2 atom stereocenters. The predicted molar refractivity (Wildman–Crippen MR) is 68.7 cm³/mol. The van der Waals surface area contributed by atoms with Gasteiger partial charge in [0.2, 0.25) is 5.91 Å². The summed E-state index contributed by atoms with van der Waals surface area (Å²) >= 11 is 1.98. The summed E-state index contributed by atoms with van der Waals surface area (Å²) in [5.74, 6) is 1.49. The summed E-state index contributed by atoms with van der Waals surface area (Å²) in [4.78, 5) is 14.7. The minimum absolute atomic E-state index is 0.0955. The second kappa shape index (κ2) is 4.96. The van der Waals surface area contributed by atoms with Crippen LogP contribution < -0.4 is 5.32 Å². The first-order valence-electron chi connectivity index (χ1n) is 6.30. The molecule has 0 radical (unpaired) electrons. The van der Waals surface area contributed by atoms with Crippen molar-refractivity contribution >= 4 is 17.7 Å². The molecular weight excluding hydrogens is 220 g/mol. The Balaban J connectivity index is 2.04. The number of carbonyl (C=O) groups excluding carboxylic acids is 1. The van der Waals surface area contributed by atoms with Gasteiger partial charge in [0, 0.05) is 30.6 Å². The Kier molecular flexibility index (Phi) is 3.80. The summed E-state index contributed by atoms with van der Waals surface area (Å²) in [6.07, 6.45) is 1.98. The maximum Gasteiger partial charge on any atom is 0.230 e. The van der Waals surface area contributed by atoms with E-state index in [1.165, 1.54) is 0 Å². The molecule has 0 aromatic heterocycles. The van der Waals surface area contributed by atoms with Crippen LogP contribution in [0.2, 0.25) is 0 Å². The quantitative estimate of drug-likeness (QED) is 0.793. The Bertz CT molecular complexity index is 264. The molecule has 3 nitrogen and oxygen atoms in total. The molecule has 0 spiro atoms. The Hall–Kier alpha value is -0.220. The van der Waals surface area contributed by atoms with Crippen LogP contribution in [-0.4, -0.2) is 48.0 Å². The van der Waals surface area contributed by atoms with Crippen molar-refractivity contribution < 1.29 is 4.79 Å². The normalized spacial score (nSPS) is 35.4. The number of carbonyl (C=O) groups is 1. The Morgan fingerprint density at radius 3 is 3.00 bits per heavy atom. The number of hydrogen-bond donors (Lipinski definition) is 1. The molecule has 16 heavy (non-hydrogen) atoms. The van der Waals surface area contributed by atoms with E-state index in [9.17, 15) is 4.79 Å². The van der Waals surface area contributed by atoms with Gasteiger partial charge in [-0.25, -0.2) is 0 Å². The fraction of sp³-hybridized carbons (Fsp3) is 0.917. The molecule has 92 valence electrons. The molecule has 1 N–H and O–H groups in total. The predicted octanol–water partition coefficient (Wildman–Crippen LogP) is 1.34. The smallest absolute Gasteiger partial charge is 0.230 e. The summed E-state index contributed by atoms with van der Waals surface area (Å²) in [5, 5.41) is 3.94. The second-order valence-corrected chi connectivity index (χ2v) is 6.54. The van der Waals surface area contributed by atoms with E-state index < -0.39 is 0 Å². The summed E-state index contributed by atoms with van der Waals surface area (Å²) in [6, 6.07) is 0. The van der Waals surface area contributed by atoms with E-state index >= 15 is 0 Å². The van der Waals surface area contributed by atoms with Gasteiger partial charge in [-0.15, -0.1) is 0 Å². The van der Waals surface area contributed by atoms with Crippen molar-refractivity contribution in [2.75, 3.05) is 31.9 Å². The van der Waals surface area contributed by atoms with Crippen LogP contribution >= 0.6 is 11.8 Å². The van der Waals surface area contributed by atoms with Gasteiger partial charge in [-0.3, -0.25) is 4.79 Å². The van der Waals surface area contributed by atoms with E-state index in [1.807, 2.05) is 11.8 Å². The number of amides is 1. The number of nitrogens with one attached hydrogen (secondary N) is 1. The Morgan fingerprint density at radius 2 is 2.44 bits per heavy atom. The Morgan fingerprint density at radius 1 is 1.62 bits per heavy atom. The van der Waals surface area contributed by atoms with Gasteiger partial charge in [0.15, 0.2) is 0 Å². The second-order valence-electron chi connectivity index (χ2n) is 4.99. The van der Waals surface area contributed by atoms with E-state index in [1.54, 1.807) is 0 Å². The lowest BCUT2D eigenvalue weighted by Gasteiger charge is -2.37. The average molecular weight is 242 g/mol. The molecule has 2 fully saturated rings. The summed E-state index contributed by atoms with van der Waals surface area (Å²) in [5.41, 5.74) is -0.0955. The van der Waals surface area contributed by atoms with Crippen LogP contribution in [-0.2, 0) is 4.79 Å². The van der Waals surface area contributed by atoms with Crippen molar-refractivity contribution in [1.82, 2.24) is 10.2 Å². The first-order chi connectivity index (χ1) is 7.68. The maximum absolute atomic E-state index is 12.6. The van der Waals surface area contributed by atoms with Crippen molar-refractivity contribution in [3.8, 4) is 0 Å². The summed E-state index contributed by atoms with van der Waals surface area (Å²) in [7, 11) is 0. The molecule has 0 bridgehead atoms. The summed E-state index contributed by atoms with van der Waals surface area (Å²) in [6.45, 7) is 8.11. The zero-order valence-corrected chi connectivity index (χ0v) is 11.1. The molecule has 0 aromatic rings. The minimum Gasteiger partial charge on any atom is -0.340 e. The van der Waals surface area contributed by atoms with E-state index in [2.05, 4.69) is 24.1 Å². The molecule has 0 aliphatic carbocycles. The molecule has 2 rings (SSSR count). The molecule has 0 saturated carbocycles. The number of rotatable bonds is 2. The van der Waals surface area contributed by atoms with Crippen molar-refractivity contribution in [3.63, 3.8) is 0 Å². The van der Waals surface area contributed by atoms with Crippen LogP contribution in [0.5, 0.6) is 0 Å². The zero-order chi connectivity index (χ0) is 11.6. The third-order valence-corrected chi connectivity index (χ3v) is 5.04. The van der Waals surface area contributed by atoms with Gasteiger partial charge in [0.1, 0.15) is 0 Å². The molecule has 1 amide bonds.